The zero-order valence-electron chi connectivity index (χ0n) is 19.0. The summed E-state index contributed by atoms with van der Waals surface area (Å²) in [4.78, 5) is 0. The van der Waals surface area contributed by atoms with Crippen LogP contribution in [0.3, 0.4) is 0 Å². The molecule has 0 radical (unpaired) electrons. The van der Waals surface area contributed by atoms with Gasteiger partial charge in [0.05, 0.1) is 0 Å². The lowest BCUT2D eigenvalue weighted by Gasteiger charge is -2.17. The maximum absolute atomic E-state index is 2.50. The van der Waals surface area contributed by atoms with Gasteiger partial charge in [-0.05, 0) is 37.5 Å². The molecule has 0 heteroatoms. The van der Waals surface area contributed by atoms with E-state index in [0.717, 1.165) is 11.8 Å². The monoisotopic (exact) mass is 364 g/mol. The molecule has 0 bridgehead atoms. The van der Waals surface area contributed by atoms with Crippen LogP contribution in [0, 0.1) is 11.8 Å². The second-order valence-electron chi connectivity index (χ2n) is 9.02. The maximum atomic E-state index is 2.50. The fourth-order valence-electron chi connectivity index (χ4n) is 4.01. The summed E-state index contributed by atoms with van der Waals surface area (Å²) in [5, 5.41) is 0. The van der Waals surface area contributed by atoms with Gasteiger partial charge in [-0.1, -0.05) is 130 Å². The first-order valence-electron chi connectivity index (χ1n) is 12.4. The Morgan fingerprint density at radius 3 is 1.62 bits per heavy atom. The fourth-order valence-corrected chi connectivity index (χ4v) is 4.01. The van der Waals surface area contributed by atoms with Crippen LogP contribution in [0.15, 0.2) is 12.2 Å². The number of hydrogen-bond acceptors (Lipinski definition) is 0. The SMILES string of the molecule is CCCCCCC/C=C/CC(CCCCCCCCCCC)CC(C)C. The Bertz CT molecular complexity index is 276. The molecule has 0 saturated heterocycles. The summed E-state index contributed by atoms with van der Waals surface area (Å²) < 4.78 is 0. The molecule has 1 atom stereocenters. The molecule has 0 saturated carbocycles. The van der Waals surface area contributed by atoms with Gasteiger partial charge in [0.25, 0.3) is 0 Å². The van der Waals surface area contributed by atoms with Gasteiger partial charge in [0.2, 0.25) is 0 Å². The zero-order valence-corrected chi connectivity index (χ0v) is 19.0. The lowest BCUT2D eigenvalue weighted by Crippen LogP contribution is -2.04. The van der Waals surface area contributed by atoms with Gasteiger partial charge < -0.3 is 0 Å². The van der Waals surface area contributed by atoms with E-state index in [4.69, 9.17) is 0 Å². The molecule has 0 aromatic carbocycles. The first kappa shape index (κ1) is 25.7. The molecule has 0 amide bonds. The molecule has 156 valence electrons. The Morgan fingerprint density at radius 2 is 1.08 bits per heavy atom. The molecule has 0 aliphatic heterocycles. The van der Waals surface area contributed by atoms with Crippen molar-refractivity contribution in [1.82, 2.24) is 0 Å². The molecule has 26 heavy (non-hydrogen) atoms. The molecule has 0 nitrogen and oxygen atoms in total. The number of unbranched alkanes of at least 4 members (excludes halogenated alkanes) is 13. The number of allylic oxidation sites excluding steroid dienone is 2. The highest BCUT2D eigenvalue weighted by molar-refractivity contribution is 4.84. The maximum Gasteiger partial charge on any atom is -0.0322 e. The van der Waals surface area contributed by atoms with Gasteiger partial charge >= 0.3 is 0 Å². The van der Waals surface area contributed by atoms with Crippen LogP contribution in [0.2, 0.25) is 0 Å². The molecule has 0 aliphatic rings. The summed E-state index contributed by atoms with van der Waals surface area (Å²) >= 11 is 0. The van der Waals surface area contributed by atoms with E-state index in [1.807, 2.05) is 0 Å². The third-order valence-electron chi connectivity index (χ3n) is 5.63. The van der Waals surface area contributed by atoms with Crippen LogP contribution >= 0.6 is 0 Å². The van der Waals surface area contributed by atoms with Gasteiger partial charge in [0, 0.05) is 0 Å². The van der Waals surface area contributed by atoms with Gasteiger partial charge in [-0.25, -0.2) is 0 Å². The van der Waals surface area contributed by atoms with E-state index in [1.165, 1.54) is 116 Å². The molecular formula is C26H52. The van der Waals surface area contributed by atoms with Crippen LogP contribution in [0.1, 0.15) is 143 Å². The van der Waals surface area contributed by atoms with Crippen molar-refractivity contribution in [3.63, 3.8) is 0 Å². The molecule has 0 aromatic rings. The van der Waals surface area contributed by atoms with E-state index in [0.29, 0.717) is 0 Å². The average Bonchev–Trinajstić information content (AvgIpc) is 2.61. The van der Waals surface area contributed by atoms with Crippen molar-refractivity contribution < 1.29 is 0 Å². The van der Waals surface area contributed by atoms with Crippen molar-refractivity contribution in [3.8, 4) is 0 Å². The smallest absolute Gasteiger partial charge is 0.0322 e. The normalized spacial score (nSPS) is 13.1. The van der Waals surface area contributed by atoms with Crippen molar-refractivity contribution >= 4 is 0 Å². The van der Waals surface area contributed by atoms with Crippen LogP contribution in [-0.2, 0) is 0 Å². The lowest BCUT2D eigenvalue weighted by molar-refractivity contribution is 0.373. The van der Waals surface area contributed by atoms with Gasteiger partial charge in [-0.3, -0.25) is 0 Å². The summed E-state index contributed by atoms with van der Waals surface area (Å²) in [7, 11) is 0. The molecule has 1 unspecified atom stereocenters. The molecule has 0 fully saturated rings. The minimum atomic E-state index is 0.848. The first-order chi connectivity index (χ1) is 12.7. The topological polar surface area (TPSA) is 0 Å². The lowest BCUT2D eigenvalue weighted by atomic mass is 9.89. The van der Waals surface area contributed by atoms with E-state index >= 15 is 0 Å². The predicted molar refractivity (Wildman–Crippen MR) is 122 cm³/mol. The van der Waals surface area contributed by atoms with Gasteiger partial charge in [-0.15, -0.1) is 0 Å². The first-order valence-corrected chi connectivity index (χ1v) is 12.4. The minimum Gasteiger partial charge on any atom is -0.0885 e. The van der Waals surface area contributed by atoms with Crippen LogP contribution < -0.4 is 0 Å². The van der Waals surface area contributed by atoms with Crippen LogP contribution in [-0.4, -0.2) is 0 Å². The van der Waals surface area contributed by atoms with E-state index in [9.17, 15) is 0 Å². The van der Waals surface area contributed by atoms with Gasteiger partial charge in [-0.2, -0.15) is 0 Å². The second-order valence-corrected chi connectivity index (χ2v) is 9.02. The predicted octanol–water partition coefficient (Wildman–Crippen LogP) is 9.88. The summed E-state index contributed by atoms with van der Waals surface area (Å²) in [5.74, 6) is 1.77. The van der Waals surface area contributed by atoms with Gasteiger partial charge in [0.15, 0.2) is 0 Å². The molecular weight excluding hydrogens is 312 g/mol. The number of hydrogen-bond donors (Lipinski definition) is 0. The summed E-state index contributed by atoms with van der Waals surface area (Å²) in [5.41, 5.74) is 0. The standard InChI is InChI=1S/C26H52/c1-5-7-9-11-13-15-17-19-21-23-26(24-25(3)4)22-20-18-16-14-12-10-8-6-2/h18,20,25-26H,5-17,19,21-24H2,1-4H3/b20-18+. The van der Waals surface area contributed by atoms with E-state index in [1.54, 1.807) is 0 Å². The summed E-state index contributed by atoms with van der Waals surface area (Å²) in [6.45, 7) is 9.38. The Hall–Kier alpha value is -0.260. The van der Waals surface area contributed by atoms with E-state index in [2.05, 4.69) is 39.8 Å². The molecule has 0 heterocycles. The molecule has 0 spiro atoms. The van der Waals surface area contributed by atoms with Crippen LogP contribution in [0.25, 0.3) is 0 Å². The van der Waals surface area contributed by atoms with E-state index < -0.39 is 0 Å². The highest BCUT2D eigenvalue weighted by Crippen LogP contribution is 2.23. The van der Waals surface area contributed by atoms with E-state index in [-0.39, 0.29) is 0 Å². The Morgan fingerprint density at radius 1 is 0.577 bits per heavy atom. The summed E-state index contributed by atoms with van der Waals surface area (Å²) in [6.07, 6.45) is 30.5. The fraction of sp³-hybridized carbons (Fsp3) is 0.923. The third-order valence-corrected chi connectivity index (χ3v) is 5.63. The average molecular weight is 365 g/mol. The third kappa shape index (κ3) is 20.1. The molecule has 0 aromatic heterocycles. The van der Waals surface area contributed by atoms with Crippen LogP contribution in [0.5, 0.6) is 0 Å². The Balaban J connectivity index is 3.68. The molecule has 0 N–H and O–H groups in total. The molecule has 0 aliphatic carbocycles. The summed E-state index contributed by atoms with van der Waals surface area (Å²) in [6, 6.07) is 0. The number of rotatable bonds is 20. The second kappa shape index (κ2) is 21.0. The Kier molecular flexibility index (Phi) is 20.8. The minimum absolute atomic E-state index is 0.848. The van der Waals surface area contributed by atoms with Crippen molar-refractivity contribution in [1.29, 1.82) is 0 Å². The van der Waals surface area contributed by atoms with Crippen molar-refractivity contribution in [2.75, 3.05) is 0 Å². The highest BCUT2D eigenvalue weighted by Gasteiger charge is 2.09. The van der Waals surface area contributed by atoms with Crippen molar-refractivity contribution in [2.24, 2.45) is 11.8 Å². The largest absolute Gasteiger partial charge is 0.0885 e. The Labute approximate surface area is 167 Å². The van der Waals surface area contributed by atoms with Crippen molar-refractivity contribution in [3.05, 3.63) is 12.2 Å². The quantitative estimate of drug-likeness (QED) is 0.149. The zero-order chi connectivity index (χ0) is 19.3. The van der Waals surface area contributed by atoms with Crippen LogP contribution in [0.4, 0.5) is 0 Å². The van der Waals surface area contributed by atoms with Gasteiger partial charge in [0.1, 0.15) is 0 Å². The van der Waals surface area contributed by atoms with Crippen molar-refractivity contribution in [2.45, 2.75) is 143 Å². The highest BCUT2D eigenvalue weighted by atomic mass is 14.1. The molecule has 0 rings (SSSR count).